The van der Waals surface area contributed by atoms with E-state index in [1.807, 2.05) is 37.6 Å². The molecular weight excluding hydrogens is 404 g/mol. The summed E-state index contributed by atoms with van der Waals surface area (Å²) in [7, 11) is 1.89. The first kappa shape index (κ1) is 19.8. The minimum Gasteiger partial charge on any atom is -0.469 e. The number of aromatic nitrogens is 5. The third-order valence-electron chi connectivity index (χ3n) is 4.58. The van der Waals surface area contributed by atoms with Gasteiger partial charge in [-0.25, -0.2) is 9.97 Å². The van der Waals surface area contributed by atoms with Crippen LogP contribution < -0.4 is 0 Å². The third-order valence-corrected chi connectivity index (χ3v) is 5.54. The summed E-state index contributed by atoms with van der Waals surface area (Å²) in [5.74, 6) is 2.00. The predicted molar refractivity (Wildman–Crippen MR) is 111 cm³/mol. The molecule has 0 bridgehead atoms. The first-order chi connectivity index (χ1) is 14.5. The monoisotopic (exact) mass is 422 g/mol. The molecule has 4 aromatic rings. The van der Waals surface area contributed by atoms with Crippen molar-refractivity contribution < 1.29 is 9.34 Å². The predicted octanol–water partition coefficient (Wildman–Crippen LogP) is 4.46. The van der Waals surface area contributed by atoms with Gasteiger partial charge < -0.3 is 8.98 Å². The molecule has 0 aliphatic carbocycles. The second kappa shape index (κ2) is 8.07. The van der Waals surface area contributed by atoms with Gasteiger partial charge in [0.25, 0.3) is 5.69 Å². The Labute approximate surface area is 176 Å². The lowest BCUT2D eigenvalue weighted by molar-refractivity contribution is -0.384. The Kier molecular flexibility index (Phi) is 5.32. The second-order valence-electron chi connectivity index (χ2n) is 6.54. The smallest absolute Gasteiger partial charge is 0.269 e. The van der Waals surface area contributed by atoms with Crippen molar-refractivity contribution in [1.82, 2.24) is 24.7 Å². The normalized spacial score (nSPS) is 11.0. The summed E-state index contributed by atoms with van der Waals surface area (Å²) in [6, 6.07) is 9.99. The average Bonchev–Trinajstić information content (AvgIpc) is 3.33. The minimum atomic E-state index is -0.429. The van der Waals surface area contributed by atoms with Crippen LogP contribution in [0.1, 0.15) is 18.4 Å². The quantitative estimate of drug-likeness (QED) is 0.254. The first-order valence-corrected chi connectivity index (χ1v) is 10.0. The number of benzene rings is 1. The molecule has 0 unspecified atom stereocenters. The molecule has 0 N–H and O–H groups in total. The summed E-state index contributed by atoms with van der Waals surface area (Å²) in [6.45, 7) is 3.89. The number of furan rings is 1. The van der Waals surface area contributed by atoms with Crippen molar-refractivity contribution in [2.24, 2.45) is 7.05 Å². The van der Waals surface area contributed by atoms with Crippen LogP contribution in [0.15, 0.2) is 57.3 Å². The van der Waals surface area contributed by atoms with Crippen LogP contribution in [0.25, 0.3) is 22.8 Å². The molecule has 3 heterocycles. The van der Waals surface area contributed by atoms with E-state index in [1.54, 1.807) is 18.4 Å². The van der Waals surface area contributed by atoms with Crippen molar-refractivity contribution in [2.45, 2.75) is 30.5 Å². The Balaban J connectivity index is 1.67. The van der Waals surface area contributed by atoms with E-state index in [0.29, 0.717) is 22.4 Å². The number of nitro groups is 1. The van der Waals surface area contributed by atoms with Crippen LogP contribution in [0.2, 0.25) is 0 Å². The highest BCUT2D eigenvalue weighted by Gasteiger charge is 2.17. The summed E-state index contributed by atoms with van der Waals surface area (Å²) in [4.78, 5) is 19.7. The Morgan fingerprint density at radius 3 is 2.57 bits per heavy atom. The van der Waals surface area contributed by atoms with Crippen molar-refractivity contribution in [3.63, 3.8) is 0 Å². The van der Waals surface area contributed by atoms with E-state index in [4.69, 9.17) is 4.42 Å². The van der Waals surface area contributed by atoms with Gasteiger partial charge in [0, 0.05) is 30.4 Å². The van der Waals surface area contributed by atoms with E-state index in [1.165, 1.54) is 23.9 Å². The molecular formula is C20H18N6O3S. The van der Waals surface area contributed by atoms with Gasteiger partial charge in [0.05, 0.1) is 16.7 Å². The Morgan fingerprint density at radius 1 is 1.17 bits per heavy atom. The lowest BCUT2D eigenvalue weighted by atomic mass is 10.2. The largest absolute Gasteiger partial charge is 0.469 e. The maximum absolute atomic E-state index is 10.9. The van der Waals surface area contributed by atoms with E-state index >= 15 is 0 Å². The van der Waals surface area contributed by atoms with Crippen LogP contribution in [0.3, 0.4) is 0 Å². The number of nitrogens with zero attached hydrogens (tertiary/aromatic N) is 6. The SMILES string of the molecule is CCc1cc(Sc2nnc(-c3ccoc3C)n2C)nc(-c2ccc([N+](=O)[O-])cc2)n1. The van der Waals surface area contributed by atoms with E-state index in [9.17, 15) is 10.1 Å². The van der Waals surface area contributed by atoms with E-state index < -0.39 is 4.92 Å². The van der Waals surface area contributed by atoms with Crippen LogP contribution >= 0.6 is 11.8 Å². The Morgan fingerprint density at radius 2 is 1.93 bits per heavy atom. The molecule has 4 rings (SSSR count). The molecule has 30 heavy (non-hydrogen) atoms. The van der Waals surface area contributed by atoms with E-state index in [2.05, 4.69) is 20.2 Å². The van der Waals surface area contributed by atoms with Crippen molar-refractivity contribution >= 4 is 17.4 Å². The zero-order valence-electron chi connectivity index (χ0n) is 16.6. The first-order valence-electron chi connectivity index (χ1n) is 9.20. The zero-order chi connectivity index (χ0) is 21.3. The van der Waals surface area contributed by atoms with E-state index in [-0.39, 0.29) is 5.69 Å². The number of rotatable bonds is 6. The van der Waals surface area contributed by atoms with Crippen LogP contribution in [-0.2, 0) is 13.5 Å². The Bertz CT molecular complexity index is 1220. The summed E-state index contributed by atoms with van der Waals surface area (Å²) >= 11 is 1.38. The van der Waals surface area contributed by atoms with Gasteiger partial charge in [0.15, 0.2) is 16.8 Å². The van der Waals surface area contributed by atoms with Crippen molar-refractivity contribution in [1.29, 1.82) is 0 Å². The molecule has 0 saturated heterocycles. The molecule has 0 atom stereocenters. The highest BCUT2D eigenvalue weighted by atomic mass is 32.2. The molecule has 10 heteroatoms. The fourth-order valence-electron chi connectivity index (χ4n) is 2.92. The lowest BCUT2D eigenvalue weighted by Crippen LogP contribution is -1.99. The van der Waals surface area contributed by atoms with Gasteiger partial charge in [-0.1, -0.05) is 6.92 Å². The molecule has 0 radical (unpaired) electrons. The topological polar surface area (TPSA) is 113 Å². The molecule has 0 spiro atoms. The lowest BCUT2D eigenvalue weighted by Gasteiger charge is -2.07. The van der Waals surface area contributed by atoms with Gasteiger partial charge in [-0.3, -0.25) is 10.1 Å². The summed E-state index contributed by atoms with van der Waals surface area (Å²) in [6.07, 6.45) is 2.36. The number of hydrogen-bond acceptors (Lipinski definition) is 8. The molecule has 1 aromatic carbocycles. The van der Waals surface area contributed by atoms with Gasteiger partial charge in [0.1, 0.15) is 10.8 Å². The summed E-state index contributed by atoms with van der Waals surface area (Å²) in [5, 5.41) is 20.9. The van der Waals surface area contributed by atoms with Crippen LogP contribution in [0.4, 0.5) is 5.69 Å². The average molecular weight is 422 g/mol. The molecule has 152 valence electrons. The van der Waals surface area contributed by atoms with Gasteiger partial charge in [-0.2, -0.15) is 0 Å². The number of aryl methyl sites for hydroxylation is 2. The molecule has 0 aliphatic rings. The molecule has 0 aliphatic heterocycles. The van der Waals surface area contributed by atoms with Gasteiger partial charge in [-0.15, -0.1) is 10.2 Å². The molecule has 3 aromatic heterocycles. The number of nitro benzene ring substituents is 1. The Hall–Kier alpha value is -3.53. The maximum Gasteiger partial charge on any atom is 0.269 e. The van der Waals surface area contributed by atoms with Crippen LogP contribution in [0, 0.1) is 17.0 Å². The fourth-order valence-corrected chi connectivity index (χ4v) is 3.74. The van der Waals surface area contributed by atoms with Gasteiger partial charge in [0.2, 0.25) is 0 Å². The highest BCUT2D eigenvalue weighted by Crippen LogP contribution is 2.31. The summed E-state index contributed by atoms with van der Waals surface area (Å²) in [5.41, 5.74) is 2.50. The number of non-ortho nitro benzene ring substituents is 1. The van der Waals surface area contributed by atoms with Crippen LogP contribution in [0.5, 0.6) is 0 Å². The number of hydrogen-bond donors (Lipinski definition) is 0. The van der Waals surface area contributed by atoms with Crippen molar-refractivity contribution in [2.75, 3.05) is 0 Å². The standard InChI is InChI=1S/C20H18N6O3S/c1-4-14-11-17(22-18(21-14)13-5-7-15(8-6-13)26(27)28)30-20-24-23-19(25(20)3)16-9-10-29-12(16)2/h5-11H,4H2,1-3H3. The van der Waals surface area contributed by atoms with E-state index in [0.717, 1.165) is 28.5 Å². The fraction of sp³-hybridized carbons (Fsp3) is 0.200. The van der Waals surface area contributed by atoms with Gasteiger partial charge >= 0.3 is 0 Å². The highest BCUT2D eigenvalue weighted by molar-refractivity contribution is 7.99. The second-order valence-corrected chi connectivity index (χ2v) is 7.52. The summed E-state index contributed by atoms with van der Waals surface area (Å²) < 4.78 is 7.26. The molecule has 0 saturated carbocycles. The molecule has 9 nitrogen and oxygen atoms in total. The zero-order valence-corrected chi connectivity index (χ0v) is 17.4. The van der Waals surface area contributed by atoms with Gasteiger partial charge in [-0.05, 0) is 49.4 Å². The maximum atomic E-state index is 10.9. The van der Waals surface area contributed by atoms with Crippen molar-refractivity contribution in [3.8, 4) is 22.8 Å². The molecule has 0 fully saturated rings. The molecule has 0 amide bonds. The van der Waals surface area contributed by atoms with Crippen molar-refractivity contribution in [3.05, 3.63) is 64.2 Å². The van der Waals surface area contributed by atoms with Crippen LogP contribution in [-0.4, -0.2) is 29.7 Å². The third kappa shape index (κ3) is 3.81. The minimum absolute atomic E-state index is 0.0288.